The van der Waals surface area contributed by atoms with Crippen molar-refractivity contribution in [3.8, 4) is 0 Å². The summed E-state index contributed by atoms with van der Waals surface area (Å²) in [5.41, 5.74) is 0. The van der Waals surface area contributed by atoms with Gasteiger partial charge in [0.25, 0.3) is 0 Å². The van der Waals surface area contributed by atoms with Crippen LogP contribution in [0.1, 0.15) is 27.7 Å². The highest BCUT2D eigenvalue weighted by molar-refractivity contribution is 8.03. The van der Waals surface area contributed by atoms with Gasteiger partial charge in [0, 0.05) is 11.9 Å². The van der Waals surface area contributed by atoms with Crippen LogP contribution in [0.4, 0.5) is 0 Å². The molecule has 0 aliphatic rings. The first-order valence-corrected chi connectivity index (χ1v) is 4.71. The third-order valence-corrected chi connectivity index (χ3v) is 2.14. The molecular formula is C9H18OS. The first-order valence-electron chi connectivity index (χ1n) is 3.83. The summed E-state index contributed by atoms with van der Waals surface area (Å²) in [6.07, 6.45) is 2.29. The molecule has 1 nitrogen and oxygen atoms in total. The van der Waals surface area contributed by atoms with Gasteiger partial charge in [-0.05, 0) is 18.4 Å². The molecule has 1 unspecified atom stereocenters. The van der Waals surface area contributed by atoms with Crippen molar-refractivity contribution in [1.82, 2.24) is 0 Å². The standard InChI is InChI=1S/C9H18OS/c1-8(10-5)6-7-11-9(2,3)4/h6-8H,1-5H3/b7-6-. The lowest BCUT2D eigenvalue weighted by Gasteiger charge is -2.14. The molecule has 0 fully saturated rings. The van der Waals surface area contributed by atoms with Crippen LogP contribution in [-0.4, -0.2) is 18.0 Å². The van der Waals surface area contributed by atoms with Crippen molar-refractivity contribution in [2.75, 3.05) is 7.11 Å². The predicted octanol–water partition coefficient (Wildman–Crippen LogP) is 3.07. The fourth-order valence-electron chi connectivity index (χ4n) is 0.433. The number of hydrogen-bond donors (Lipinski definition) is 0. The van der Waals surface area contributed by atoms with Gasteiger partial charge in [0.15, 0.2) is 0 Å². The molecule has 0 aromatic carbocycles. The third-order valence-electron chi connectivity index (χ3n) is 1.14. The summed E-state index contributed by atoms with van der Waals surface area (Å²) < 4.78 is 5.37. The Labute approximate surface area is 74.2 Å². The van der Waals surface area contributed by atoms with E-state index in [0.29, 0.717) is 4.75 Å². The molecule has 2 heteroatoms. The Kier molecular flexibility index (Phi) is 4.86. The van der Waals surface area contributed by atoms with E-state index in [9.17, 15) is 0 Å². The number of ether oxygens (including phenoxy) is 1. The Bertz CT molecular complexity index is 124. The molecule has 0 aromatic heterocycles. The Morgan fingerprint density at radius 3 is 2.27 bits per heavy atom. The maximum absolute atomic E-state index is 5.06. The normalized spacial score (nSPS) is 15.7. The Hall–Kier alpha value is 0.0500. The van der Waals surface area contributed by atoms with Gasteiger partial charge in [-0.1, -0.05) is 20.8 Å². The van der Waals surface area contributed by atoms with Gasteiger partial charge in [0.2, 0.25) is 0 Å². The van der Waals surface area contributed by atoms with E-state index in [-0.39, 0.29) is 6.10 Å². The molecule has 0 spiro atoms. The van der Waals surface area contributed by atoms with Crippen LogP contribution in [0.15, 0.2) is 11.5 Å². The molecule has 0 aromatic rings. The fraction of sp³-hybridized carbons (Fsp3) is 0.778. The molecule has 0 aliphatic carbocycles. The van der Waals surface area contributed by atoms with Crippen LogP contribution >= 0.6 is 11.8 Å². The second-order valence-corrected chi connectivity index (χ2v) is 5.23. The first-order chi connectivity index (χ1) is 4.95. The van der Waals surface area contributed by atoms with E-state index < -0.39 is 0 Å². The minimum Gasteiger partial charge on any atom is -0.378 e. The average molecular weight is 174 g/mol. The Morgan fingerprint density at radius 1 is 1.36 bits per heavy atom. The largest absolute Gasteiger partial charge is 0.378 e. The minimum absolute atomic E-state index is 0.227. The number of thioether (sulfide) groups is 1. The van der Waals surface area contributed by atoms with Gasteiger partial charge >= 0.3 is 0 Å². The molecule has 0 amide bonds. The van der Waals surface area contributed by atoms with Crippen LogP contribution in [0.5, 0.6) is 0 Å². The molecule has 0 heterocycles. The van der Waals surface area contributed by atoms with Crippen LogP contribution in [0.25, 0.3) is 0 Å². The van der Waals surface area contributed by atoms with E-state index in [0.717, 1.165) is 0 Å². The molecular weight excluding hydrogens is 156 g/mol. The highest BCUT2D eigenvalue weighted by Crippen LogP contribution is 2.24. The molecule has 0 bridgehead atoms. The average Bonchev–Trinajstić information content (AvgIpc) is 1.85. The number of rotatable bonds is 3. The summed E-state index contributed by atoms with van der Waals surface area (Å²) in [5.74, 6) is 0. The van der Waals surface area contributed by atoms with E-state index in [4.69, 9.17) is 4.74 Å². The van der Waals surface area contributed by atoms with Crippen LogP contribution in [0.3, 0.4) is 0 Å². The van der Waals surface area contributed by atoms with Gasteiger partial charge in [-0.25, -0.2) is 0 Å². The van der Waals surface area contributed by atoms with E-state index >= 15 is 0 Å². The van der Waals surface area contributed by atoms with Gasteiger partial charge in [-0.3, -0.25) is 0 Å². The van der Waals surface area contributed by atoms with Crippen LogP contribution < -0.4 is 0 Å². The van der Waals surface area contributed by atoms with Crippen LogP contribution in [0.2, 0.25) is 0 Å². The monoisotopic (exact) mass is 174 g/mol. The Balaban J connectivity index is 3.60. The van der Waals surface area contributed by atoms with E-state index in [1.807, 2.05) is 18.7 Å². The lowest BCUT2D eigenvalue weighted by atomic mass is 10.3. The summed E-state index contributed by atoms with van der Waals surface area (Å²) in [7, 11) is 1.72. The zero-order valence-electron chi connectivity index (χ0n) is 8.05. The lowest BCUT2D eigenvalue weighted by molar-refractivity contribution is 0.156. The maximum Gasteiger partial charge on any atom is 0.0731 e. The first kappa shape index (κ1) is 11.1. The van der Waals surface area contributed by atoms with Gasteiger partial charge in [-0.2, -0.15) is 0 Å². The van der Waals surface area contributed by atoms with Crippen molar-refractivity contribution in [3.05, 3.63) is 11.5 Å². The van der Waals surface area contributed by atoms with E-state index in [1.165, 1.54) is 0 Å². The van der Waals surface area contributed by atoms with Gasteiger partial charge in [-0.15, -0.1) is 11.8 Å². The van der Waals surface area contributed by atoms with Gasteiger partial charge in [0.1, 0.15) is 0 Å². The number of methoxy groups -OCH3 is 1. The summed E-state index contributed by atoms with van der Waals surface area (Å²) in [6, 6.07) is 0. The van der Waals surface area contributed by atoms with Crippen molar-refractivity contribution in [3.63, 3.8) is 0 Å². The van der Waals surface area contributed by atoms with Crippen LogP contribution in [-0.2, 0) is 4.74 Å². The highest BCUT2D eigenvalue weighted by Gasteiger charge is 2.07. The molecule has 0 saturated carbocycles. The molecule has 66 valence electrons. The minimum atomic E-state index is 0.227. The zero-order valence-corrected chi connectivity index (χ0v) is 8.87. The second kappa shape index (κ2) is 4.83. The van der Waals surface area contributed by atoms with E-state index in [1.54, 1.807) is 7.11 Å². The molecule has 0 aliphatic heterocycles. The quantitative estimate of drug-likeness (QED) is 0.650. The van der Waals surface area contributed by atoms with Crippen LogP contribution in [0, 0.1) is 0 Å². The molecule has 0 radical (unpaired) electrons. The molecule has 0 rings (SSSR count). The SMILES string of the molecule is COC(C)/C=C\SC(C)(C)C. The molecule has 11 heavy (non-hydrogen) atoms. The maximum atomic E-state index is 5.06. The zero-order chi connectivity index (χ0) is 8.91. The van der Waals surface area contributed by atoms with Gasteiger partial charge in [0.05, 0.1) is 6.10 Å². The summed E-state index contributed by atoms with van der Waals surface area (Å²) in [6.45, 7) is 8.61. The lowest BCUT2D eigenvalue weighted by Crippen LogP contribution is -2.05. The predicted molar refractivity (Wildman–Crippen MR) is 53.0 cm³/mol. The molecule has 1 atom stereocenters. The summed E-state index contributed by atoms with van der Waals surface area (Å²) >= 11 is 1.82. The molecule has 0 N–H and O–H groups in total. The third kappa shape index (κ3) is 7.95. The topological polar surface area (TPSA) is 9.23 Å². The van der Waals surface area contributed by atoms with Crippen molar-refractivity contribution >= 4 is 11.8 Å². The summed E-state index contributed by atoms with van der Waals surface area (Å²) in [4.78, 5) is 0. The summed E-state index contributed by atoms with van der Waals surface area (Å²) in [5, 5.41) is 2.11. The van der Waals surface area contributed by atoms with Crippen molar-refractivity contribution in [2.24, 2.45) is 0 Å². The van der Waals surface area contributed by atoms with E-state index in [2.05, 4.69) is 32.3 Å². The van der Waals surface area contributed by atoms with Gasteiger partial charge < -0.3 is 4.74 Å². The highest BCUT2D eigenvalue weighted by atomic mass is 32.2. The Morgan fingerprint density at radius 2 is 1.91 bits per heavy atom. The van der Waals surface area contributed by atoms with Crippen molar-refractivity contribution in [1.29, 1.82) is 0 Å². The molecule has 0 saturated heterocycles. The second-order valence-electron chi connectivity index (χ2n) is 3.50. The number of hydrogen-bond acceptors (Lipinski definition) is 2. The van der Waals surface area contributed by atoms with Crippen molar-refractivity contribution in [2.45, 2.75) is 38.5 Å². The smallest absolute Gasteiger partial charge is 0.0731 e. The van der Waals surface area contributed by atoms with Crippen molar-refractivity contribution < 1.29 is 4.74 Å². The fourth-order valence-corrected chi connectivity index (χ4v) is 1.14.